The van der Waals surface area contributed by atoms with Crippen molar-refractivity contribution in [2.24, 2.45) is 17.8 Å². The predicted octanol–water partition coefficient (Wildman–Crippen LogP) is 9.94. The molecule has 2 aromatic heterocycles. The highest BCUT2D eigenvalue weighted by molar-refractivity contribution is 6.10. The standard InChI is InChI=1S/C41H34N2O2/c1-3-27-21-29(4-2)36(24-27)41(44)45-26-28-22-30(42-37-17-9-5-13-32(37)33-14-6-10-18-38(33)42)25-31(23-28)43-39-19-11-7-15-34(39)35-16-8-12-20-40(35)43/h3-20,22-23,25,27,29,36H,1-2,21,24,26H2. The summed E-state index contributed by atoms with van der Waals surface area (Å²) in [6.07, 6.45) is 5.51. The Morgan fingerprint density at radius 3 is 1.51 bits per heavy atom. The van der Waals surface area contributed by atoms with Gasteiger partial charge in [0, 0.05) is 32.9 Å². The Morgan fingerprint density at radius 2 is 1.09 bits per heavy atom. The number of hydrogen-bond donors (Lipinski definition) is 0. The Morgan fingerprint density at radius 1 is 0.644 bits per heavy atom. The largest absolute Gasteiger partial charge is 0.461 e. The molecular formula is C41H34N2O2. The van der Waals surface area contributed by atoms with Crippen LogP contribution in [-0.4, -0.2) is 15.1 Å². The molecule has 0 saturated heterocycles. The average Bonchev–Trinajstić information content (AvgIpc) is 3.77. The van der Waals surface area contributed by atoms with Crippen LogP contribution in [-0.2, 0) is 16.1 Å². The number of esters is 1. The molecule has 0 bridgehead atoms. The zero-order chi connectivity index (χ0) is 30.5. The maximum Gasteiger partial charge on any atom is 0.309 e. The second kappa shape index (κ2) is 11.0. The van der Waals surface area contributed by atoms with E-state index in [1.165, 1.54) is 21.5 Å². The number of nitrogens with zero attached hydrogens (tertiary/aromatic N) is 2. The normalized spacial score (nSPS) is 18.2. The zero-order valence-corrected chi connectivity index (χ0v) is 25.1. The summed E-state index contributed by atoms with van der Waals surface area (Å²) in [6, 6.07) is 40.7. The molecule has 0 spiro atoms. The number of ether oxygens (including phenoxy) is 1. The van der Waals surface area contributed by atoms with Gasteiger partial charge in [-0.3, -0.25) is 4.79 Å². The van der Waals surface area contributed by atoms with Gasteiger partial charge in [0.05, 0.1) is 28.0 Å². The van der Waals surface area contributed by atoms with E-state index in [1.54, 1.807) is 0 Å². The smallest absolute Gasteiger partial charge is 0.309 e. The van der Waals surface area contributed by atoms with Crippen molar-refractivity contribution in [3.8, 4) is 11.4 Å². The van der Waals surface area contributed by atoms with Crippen LogP contribution in [0.4, 0.5) is 0 Å². The molecule has 45 heavy (non-hydrogen) atoms. The van der Waals surface area contributed by atoms with Gasteiger partial charge in [0.1, 0.15) is 6.61 Å². The fourth-order valence-electron chi connectivity index (χ4n) is 7.50. The Balaban J connectivity index is 1.30. The molecule has 0 N–H and O–H groups in total. The van der Waals surface area contributed by atoms with Crippen LogP contribution in [0.3, 0.4) is 0 Å². The highest BCUT2D eigenvalue weighted by atomic mass is 16.5. The van der Waals surface area contributed by atoms with Crippen LogP contribution in [0.1, 0.15) is 18.4 Å². The van der Waals surface area contributed by atoms with Gasteiger partial charge >= 0.3 is 5.97 Å². The summed E-state index contributed by atoms with van der Waals surface area (Å²) in [5, 5.41) is 4.82. The molecule has 8 rings (SSSR count). The number of fused-ring (bicyclic) bond motifs is 6. The summed E-state index contributed by atoms with van der Waals surface area (Å²) in [5.41, 5.74) is 7.52. The van der Waals surface area contributed by atoms with Crippen molar-refractivity contribution in [3.05, 3.63) is 146 Å². The third-order valence-corrected chi connectivity index (χ3v) is 9.61. The highest BCUT2D eigenvalue weighted by Gasteiger charge is 2.37. The lowest BCUT2D eigenvalue weighted by Crippen LogP contribution is -2.20. The van der Waals surface area contributed by atoms with E-state index in [2.05, 4.69) is 138 Å². The molecule has 3 atom stereocenters. The number of carbonyl (C=O) groups is 1. The van der Waals surface area contributed by atoms with E-state index in [-0.39, 0.29) is 24.4 Å². The maximum atomic E-state index is 13.5. The first-order valence-corrected chi connectivity index (χ1v) is 15.7. The van der Waals surface area contributed by atoms with Crippen molar-refractivity contribution < 1.29 is 9.53 Å². The molecule has 4 heteroatoms. The molecule has 0 radical (unpaired) electrons. The van der Waals surface area contributed by atoms with Gasteiger partial charge in [-0.05, 0) is 72.7 Å². The zero-order valence-electron chi connectivity index (χ0n) is 25.1. The van der Waals surface area contributed by atoms with Crippen LogP contribution < -0.4 is 0 Å². The van der Waals surface area contributed by atoms with Crippen LogP contribution in [0.5, 0.6) is 0 Å². The summed E-state index contributed by atoms with van der Waals surface area (Å²) < 4.78 is 10.7. The fraction of sp³-hybridized carbons (Fsp3) is 0.146. The lowest BCUT2D eigenvalue weighted by Gasteiger charge is -2.17. The van der Waals surface area contributed by atoms with Crippen molar-refractivity contribution in [2.45, 2.75) is 19.4 Å². The average molecular weight is 587 g/mol. The number of aromatic nitrogens is 2. The summed E-state index contributed by atoms with van der Waals surface area (Å²) in [6.45, 7) is 8.14. The van der Waals surface area contributed by atoms with Crippen molar-refractivity contribution in [1.29, 1.82) is 0 Å². The van der Waals surface area contributed by atoms with Gasteiger partial charge in [-0.15, -0.1) is 13.2 Å². The fourth-order valence-corrected chi connectivity index (χ4v) is 7.50. The van der Waals surface area contributed by atoms with E-state index in [0.29, 0.717) is 5.92 Å². The topological polar surface area (TPSA) is 36.2 Å². The lowest BCUT2D eigenvalue weighted by molar-refractivity contribution is -0.150. The number of allylic oxidation sites excluding steroid dienone is 2. The molecular weight excluding hydrogens is 552 g/mol. The number of benzene rings is 5. The van der Waals surface area contributed by atoms with Crippen LogP contribution in [0.25, 0.3) is 55.0 Å². The van der Waals surface area contributed by atoms with Gasteiger partial charge in [-0.2, -0.15) is 0 Å². The number of rotatable bonds is 7. The first-order chi connectivity index (χ1) is 22.1. The van der Waals surface area contributed by atoms with Crippen molar-refractivity contribution >= 4 is 49.6 Å². The van der Waals surface area contributed by atoms with E-state index in [1.807, 2.05) is 12.2 Å². The van der Waals surface area contributed by atoms with Gasteiger partial charge in [0.15, 0.2) is 0 Å². The van der Waals surface area contributed by atoms with Crippen molar-refractivity contribution in [2.75, 3.05) is 0 Å². The minimum Gasteiger partial charge on any atom is -0.461 e. The third kappa shape index (κ3) is 4.48. The van der Waals surface area contributed by atoms with Crippen LogP contribution >= 0.6 is 0 Å². The molecule has 220 valence electrons. The van der Waals surface area contributed by atoms with E-state index in [9.17, 15) is 4.79 Å². The predicted molar refractivity (Wildman–Crippen MR) is 185 cm³/mol. The molecule has 4 nitrogen and oxygen atoms in total. The Bertz CT molecular complexity index is 2030. The Labute approximate surface area is 262 Å². The van der Waals surface area contributed by atoms with Gasteiger partial charge in [0.2, 0.25) is 0 Å². The third-order valence-electron chi connectivity index (χ3n) is 9.61. The summed E-state index contributed by atoms with van der Waals surface area (Å²) in [4.78, 5) is 13.5. The van der Waals surface area contributed by atoms with Gasteiger partial charge in [-0.1, -0.05) is 84.9 Å². The molecule has 7 aromatic rings. The van der Waals surface area contributed by atoms with Crippen LogP contribution in [0.15, 0.2) is 141 Å². The minimum absolute atomic E-state index is 0.109. The Kier molecular flexibility index (Phi) is 6.64. The van der Waals surface area contributed by atoms with Crippen LogP contribution in [0.2, 0.25) is 0 Å². The minimum atomic E-state index is -0.192. The summed E-state index contributed by atoms with van der Waals surface area (Å²) >= 11 is 0. The number of para-hydroxylation sites is 4. The second-order valence-corrected chi connectivity index (χ2v) is 12.2. The van der Waals surface area contributed by atoms with Crippen molar-refractivity contribution in [3.63, 3.8) is 0 Å². The maximum absolute atomic E-state index is 13.5. The molecule has 1 aliphatic rings. The van der Waals surface area contributed by atoms with Gasteiger partial charge in [-0.25, -0.2) is 0 Å². The van der Waals surface area contributed by atoms with E-state index in [4.69, 9.17) is 4.74 Å². The van der Waals surface area contributed by atoms with Gasteiger partial charge in [0.25, 0.3) is 0 Å². The summed E-state index contributed by atoms with van der Waals surface area (Å²) in [7, 11) is 0. The first-order valence-electron chi connectivity index (χ1n) is 15.7. The van der Waals surface area contributed by atoms with E-state index >= 15 is 0 Å². The molecule has 1 fully saturated rings. The summed E-state index contributed by atoms with van der Waals surface area (Å²) in [5.74, 6) is 0.0662. The molecule has 0 amide bonds. The molecule has 1 aliphatic carbocycles. The van der Waals surface area contributed by atoms with E-state index < -0.39 is 0 Å². The lowest BCUT2D eigenvalue weighted by atomic mass is 9.96. The van der Waals surface area contributed by atoms with E-state index in [0.717, 1.165) is 51.8 Å². The monoisotopic (exact) mass is 586 g/mol. The molecule has 2 heterocycles. The molecule has 1 saturated carbocycles. The van der Waals surface area contributed by atoms with Gasteiger partial charge < -0.3 is 13.9 Å². The molecule has 5 aromatic carbocycles. The molecule has 0 aliphatic heterocycles. The quantitative estimate of drug-likeness (QED) is 0.138. The number of carbonyl (C=O) groups excluding carboxylic acids is 1. The Hall–Kier alpha value is -5.35. The van der Waals surface area contributed by atoms with Crippen molar-refractivity contribution in [1.82, 2.24) is 9.13 Å². The van der Waals surface area contributed by atoms with Crippen LogP contribution in [0, 0.1) is 17.8 Å². The number of hydrogen-bond acceptors (Lipinski definition) is 2. The first kappa shape index (κ1) is 27.2. The molecule has 3 unspecified atom stereocenters. The SMILES string of the molecule is C=CC1CC(C=C)C(C(=O)OCc2cc(-n3c4ccccc4c4ccccc43)cc(-n3c4ccccc4c4ccccc43)c2)C1. The highest BCUT2D eigenvalue weighted by Crippen LogP contribution is 2.39. The second-order valence-electron chi connectivity index (χ2n) is 12.2.